The van der Waals surface area contributed by atoms with Gasteiger partial charge in [0.05, 0.1) is 10.9 Å². The molecule has 6 heteroatoms. The number of rotatable bonds is 4. The van der Waals surface area contributed by atoms with Gasteiger partial charge in [0.15, 0.2) is 11.5 Å². The molecule has 0 saturated heterocycles. The summed E-state index contributed by atoms with van der Waals surface area (Å²) >= 11 is 0. The summed E-state index contributed by atoms with van der Waals surface area (Å²) in [5.74, 6) is -0.163. The Morgan fingerprint density at radius 2 is 2.05 bits per heavy atom. The quantitative estimate of drug-likeness (QED) is 0.933. The summed E-state index contributed by atoms with van der Waals surface area (Å²) in [4.78, 5) is 23.6. The molecule has 2 heterocycles. The third-order valence-electron chi connectivity index (χ3n) is 3.56. The maximum absolute atomic E-state index is 12.3. The van der Waals surface area contributed by atoms with E-state index < -0.39 is 11.4 Å². The lowest BCUT2D eigenvalue weighted by atomic mass is 10.1. The van der Waals surface area contributed by atoms with E-state index in [1.165, 1.54) is 6.20 Å². The van der Waals surface area contributed by atoms with E-state index in [0.717, 1.165) is 12.8 Å². The van der Waals surface area contributed by atoms with Crippen molar-refractivity contribution in [3.63, 3.8) is 0 Å². The highest BCUT2D eigenvalue weighted by Crippen LogP contribution is 2.35. The first-order valence-corrected chi connectivity index (χ1v) is 6.82. The van der Waals surface area contributed by atoms with Crippen LogP contribution < -0.4 is 14.9 Å². The Balaban J connectivity index is 2.30. The lowest BCUT2D eigenvalue weighted by Gasteiger charge is -2.12. The molecule has 2 aromatic rings. The molecule has 0 unspecified atom stereocenters. The number of pyridine rings is 1. The molecule has 1 aliphatic rings. The third-order valence-corrected chi connectivity index (χ3v) is 3.56. The van der Waals surface area contributed by atoms with E-state index in [9.17, 15) is 14.7 Å². The van der Waals surface area contributed by atoms with Gasteiger partial charge in [-0.25, -0.2) is 4.79 Å². The molecular weight excluding hydrogens is 274 g/mol. The number of aryl methyl sites for hydroxylation is 1. The molecule has 6 nitrogen and oxygen atoms in total. The summed E-state index contributed by atoms with van der Waals surface area (Å²) in [5, 5.41) is 9.54. The molecule has 21 heavy (non-hydrogen) atoms. The first-order chi connectivity index (χ1) is 10.1. The number of carbonyl (C=O) groups is 1. The van der Waals surface area contributed by atoms with Gasteiger partial charge in [0.25, 0.3) is 0 Å². The van der Waals surface area contributed by atoms with Crippen molar-refractivity contribution in [1.82, 2.24) is 4.57 Å². The maximum atomic E-state index is 12.3. The number of aromatic nitrogens is 1. The fourth-order valence-electron chi connectivity index (χ4n) is 2.45. The van der Waals surface area contributed by atoms with Crippen LogP contribution in [0.15, 0.2) is 23.1 Å². The fraction of sp³-hybridized carbons (Fsp3) is 0.333. The number of ether oxygens (including phenoxy) is 2. The van der Waals surface area contributed by atoms with Gasteiger partial charge in [-0.15, -0.1) is 0 Å². The summed E-state index contributed by atoms with van der Waals surface area (Å²) in [7, 11) is 0. The zero-order valence-electron chi connectivity index (χ0n) is 11.6. The molecule has 0 amide bonds. The van der Waals surface area contributed by atoms with Crippen LogP contribution in [0.2, 0.25) is 0 Å². The number of nitrogens with zero attached hydrogens (tertiary/aromatic N) is 1. The molecule has 0 fully saturated rings. The van der Waals surface area contributed by atoms with Crippen LogP contribution in [0.4, 0.5) is 0 Å². The van der Waals surface area contributed by atoms with Crippen molar-refractivity contribution in [3.8, 4) is 11.5 Å². The van der Waals surface area contributed by atoms with Crippen LogP contribution in [0.1, 0.15) is 30.1 Å². The first kappa shape index (κ1) is 13.5. The number of carboxylic acids is 1. The van der Waals surface area contributed by atoms with Gasteiger partial charge < -0.3 is 19.1 Å². The molecule has 1 aliphatic heterocycles. The molecule has 1 aromatic carbocycles. The largest absolute Gasteiger partial charge is 0.477 e. The lowest BCUT2D eigenvalue weighted by Crippen LogP contribution is -2.19. The summed E-state index contributed by atoms with van der Waals surface area (Å²) in [6.45, 7) is 2.81. The summed E-state index contributed by atoms with van der Waals surface area (Å²) < 4.78 is 12.4. The number of carboxylic acid groups (broad SMARTS) is 1. The van der Waals surface area contributed by atoms with Crippen molar-refractivity contribution < 1.29 is 19.4 Å². The zero-order chi connectivity index (χ0) is 15.0. The highest BCUT2D eigenvalue weighted by Gasteiger charge is 2.20. The Morgan fingerprint density at radius 3 is 2.71 bits per heavy atom. The topological polar surface area (TPSA) is 77.8 Å². The average Bonchev–Trinajstić information content (AvgIpc) is 2.92. The Hall–Kier alpha value is -2.50. The average molecular weight is 289 g/mol. The van der Waals surface area contributed by atoms with Crippen LogP contribution in [0.25, 0.3) is 10.9 Å². The molecular formula is C15H15NO5. The number of hydrogen-bond donors (Lipinski definition) is 1. The van der Waals surface area contributed by atoms with Crippen LogP contribution >= 0.6 is 0 Å². The van der Waals surface area contributed by atoms with Gasteiger partial charge in [-0.05, 0) is 12.5 Å². The standard InChI is InChI=1S/C15H15NO5/c1-2-3-4-16-7-10(15(18)19)14(17)9-5-12-13(6-11(9)16)21-8-20-12/h5-7H,2-4,8H2,1H3,(H,18,19). The Bertz CT molecular complexity index is 778. The molecule has 0 bridgehead atoms. The van der Waals surface area contributed by atoms with Gasteiger partial charge in [-0.3, -0.25) is 4.79 Å². The summed E-state index contributed by atoms with van der Waals surface area (Å²) in [6, 6.07) is 3.30. The van der Waals surface area contributed by atoms with Crippen LogP contribution in [-0.2, 0) is 6.54 Å². The molecule has 0 radical (unpaired) electrons. The van der Waals surface area contributed by atoms with Gasteiger partial charge in [0.2, 0.25) is 12.2 Å². The van der Waals surface area contributed by atoms with Crippen molar-refractivity contribution >= 4 is 16.9 Å². The molecule has 0 aliphatic carbocycles. The van der Waals surface area contributed by atoms with E-state index in [4.69, 9.17) is 9.47 Å². The van der Waals surface area contributed by atoms with Crippen molar-refractivity contribution in [1.29, 1.82) is 0 Å². The minimum atomic E-state index is -1.22. The molecule has 110 valence electrons. The van der Waals surface area contributed by atoms with Crippen molar-refractivity contribution in [2.24, 2.45) is 0 Å². The van der Waals surface area contributed by atoms with Crippen molar-refractivity contribution in [2.75, 3.05) is 6.79 Å². The third kappa shape index (κ3) is 2.22. The summed E-state index contributed by atoms with van der Waals surface area (Å²) in [6.07, 6.45) is 3.27. The maximum Gasteiger partial charge on any atom is 0.341 e. The summed E-state index contributed by atoms with van der Waals surface area (Å²) in [5.41, 5.74) is -0.0521. The molecule has 1 N–H and O–H groups in total. The zero-order valence-corrected chi connectivity index (χ0v) is 11.6. The van der Waals surface area contributed by atoms with Gasteiger partial charge in [0, 0.05) is 18.8 Å². The Labute approximate surface area is 120 Å². The van der Waals surface area contributed by atoms with Gasteiger partial charge in [0.1, 0.15) is 5.56 Å². The second-order valence-corrected chi connectivity index (χ2v) is 4.95. The highest BCUT2D eigenvalue weighted by atomic mass is 16.7. The highest BCUT2D eigenvalue weighted by molar-refractivity contribution is 5.93. The lowest BCUT2D eigenvalue weighted by molar-refractivity contribution is 0.0695. The number of aromatic carboxylic acids is 1. The Kier molecular flexibility index (Phi) is 3.29. The second-order valence-electron chi connectivity index (χ2n) is 4.95. The van der Waals surface area contributed by atoms with E-state index in [1.807, 2.05) is 0 Å². The molecule has 0 spiro atoms. The second kappa shape index (κ2) is 5.12. The van der Waals surface area contributed by atoms with Gasteiger partial charge >= 0.3 is 5.97 Å². The number of hydrogen-bond acceptors (Lipinski definition) is 4. The van der Waals surface area contributed by atoms with Crippen molar-refractivity contribution in [2.45, 2.75) is 26.3 Å². The SMILES string of the molecule is CCCCn1cc(C(=O)O)c(=O)c2cc3c(cc21)OCO3. The normalized spacial score (nSPS) is 12.8. The van der Waals surface area contributed by atoms with E-state index in [2.05, 4.69) is 6.92 Å². The van der Waals surface area contributed by atoms with Gasteiger partial charge in [-0.1, -0.05) is 13.3 Å². The van der Waals surface area contributed by atoms with Crippen LogP contribution in [-0.4, -0.2) is 22.4 Å². The predicted molar refractivity (Wildman–Crippen MR) is 76.2 cm³/mol. The number of benzene rings is 1. The molecule has 0 atom stereocenters. The Morgan fingerprint density at radius 1 is 1.33 bits per heavy atom. The van der Waals surface area contributed by atoms with E-state index in [-0.39, 0.29) is 12.4 Å². The van der Waals surface area contributed by atoms with E-state index >= 15 is 0 Å². The van der Waals surface area contributed by atoms with Crippen molar-refractivity contribution in [3.05, 3.63) is 34.1 Å². The molecule has 0 saturated carbocycles. The minimum Gasteiger partial charge on any atom is -0.477 e. The van der Waals surface area contributed by atoms with Crippen LogP contribution in [0.3, 0.4) is 0 Å². The number of unbranched alkanes of at least 4 members (excludes halogenated alkanes) is 1. The molecule has 1 aromatic heterocycles. The predicted octanol–water partition coefficient (Wildman–Crippen LogP) is 2.23. The number of fused-ring (bicyclic) bond motifs is 2. The monoisotopic (exact) mass is 289 g/mol. The van der Waals surface area contributed by atoms with Gasteiger partial charge in [-0.2, -0.15) is 0 Å². The first-order valence-electron chi connectivity index (χ1n) is 6.82. The smallest absolute Gasteiger partial charge is 0.341 e. The van der Waals surface area contributed by atoms with E-state index in [0.29, 0.717) is 28.9 Å². The fourth-order valence-corrected chi connectivity index (χ4v) is 2.45. The minimum absolute atomic E-state index is 0.112. The van der Waals surface area contributed by atoms with Crippen LogP contribution in [0.5, 0.6) is 11.5 Å². The molecule has 3 rings (SSSR count). The van der Waals surface area contributed by atoms with E-state index in [1.54, 1.807) is 16.7 Å². The van der Waals surface area contributed by atoms with Crippen LogP contribution in [0, 0.1) is 0 Å².